The number of carbonyl (C=O) groups is 2. The summed E-state index contributed by atoms with van der Waals surface area (Å²) in [5.74, 6) is 0.370. The van der Waals surface area contributed by atoms with Crippen LogP contribution >= 0.6 is 0 Å². The van der Waals surface area contributed by atoms with Gasteiger partial charge in [-0.2, -0.15) is 0 Å². The molecule has 5 nitrogen and oxygen atoms in total. The molecular formula is C21H24N2O3. The van der Waals surface area contributed by atoms with Gasteiger partial charge in [0.15, 0.2) is 5.76 Å². The van der Waals surface area contributed by atoms with Crippen LogP contribution in [0.4, 0.5) is 0 Å². The van der Waals surface area contributed by atoms with Crippen LogP contribution < -0.4 is 5.32 Å². The highest BCUT2D eigenvalue weighted by atomic mass is 16.3. The zero-order chi connectivity index (χ0) is 18.0. The second-order valence-corrected chi connectivity index (χ2v) is 7.33. The molecule has 0 radical (unpaired) electrons. The number of amides is 2. The molecule has 1 aromatic carbocycles. The van der Waals surface area contributed by atoms with Crippen LogP contribution in [0.3, 0.4) is 0 Å². The largest absolute Gasteiger partial charge is 0.459 e. The standard InChI is InChI=1S/C21H24N2O3/c24-19(22-21(11-5-12-21)17-6-2-1-3-7-17)16-9-13-23(14-10-16)20(25)18-8-4-15-26-18/h1-4,6-8,15-16H,5,9-14H2,(H,22,24). The Hall–Kier alpha value is -2.56. The summed E-state index contributed by atoms with van der Waals surface area (Å²) in [6.07, 6.45) is 6.05. The maximum atomic E-state index is 12.9. The van der Waals surface area contributed by atoms with Crippen LogP contribution in [0.25, 0.3) is 0 Å². The lowest BCUT2D eigenvalue weighted by Crippen LogP contribution is -2.53. The Morgan fingerprint density at radius 2 is 1.77 bits per heavy atom. The van der Waals surface area contributed by atoms with Crippen molar-refractivity contribution in [3.8, 4) is 0 Å². The van der Waals surface area contributed by atoms with Crippen LogP contribution in [0.1, 0.15) is 48.2 Å². The van der Waals surface area contributed by atoms with Gasteiger partial charge < -0.3 is 14.6 Å². The number of hydrogen-bond donors (Lipinski definition) is 1. The topological polar surface area (TPSA) is 62.6 Å². The third kappa shape index (κ3) is 3.14. The molecule has 0 unspecified atom stereocenters. The first-order valence-electron chi connectivity index (χ1n) is 9.38. The average molecular weight is 352 g/mol. The van der Waals surface area contributed by atoms with E-state index in [9.17, 15) is 9.59 Å². The minimum absolute atomic E-state index is 0.0307. The summed E-state index contributed by atoms with van der Waals surface area (Å²) in [6.45, 7) is 1.19. The molecule has 0 spiro atoms. The number of nitrogens with one attached hydrogen (secondary N) is 1. The SMILES string of the molecule is O=C(NC1(c2ccccc2)CCC1)C1CCN(C(=O)c2ccco2)CC1. The van der Waals surface area contributed by atoms with Gasteiger partial charge in [-0.15, -0.1) is 0 Å². The maximum Gasteiger partial charge on any atom is 0.289 e. The van der Waals surface area contributed by atoms with Crippen molar-refractivity contribution in [3.05, 3.63) is 60.1 Å². The second-order valence-electron chi connectivity index (χ2n) is 7.33. The minimum Gasteiger partial charge on any atom is -0.459 e. The molecule has 1 aromatic heterocycles. The second kappa shape index (κ2) is 6.98. The molecule has 2 aromatic rings. The van der Waals surface area contributed by atoms with Gasteiger partial charge in [-0.3, -0.25) is 9.59 Å². The van der Waals surface area contributed by atoms with E-state index < -0.39 is 0 Å². The molecule has 0 bridgehead atoms. The summed E-state index contributed by atoms with van der Waals surface area (Å²) in [5.41, 5.74) is 1.00. The van der Waals surface area contributed by atoms with Crippen molar-refractivity contribution in [3.63, 3.8) is 0 Å². The summed E-state index contributed by atoms with van der Waals surface area (Å²) in [6, 6.07) is 13.7. The lowest BCUT2D eigenvalue weighted by molar-refractivity contribution is -0.129. The Morgan fingerprint density at radius 3 is 2.35 bits per heavy atom. The Kier molecular flexibility index (Phi) is 4.53. The van der Waals surface area contributed by atoms with Crippen LogP contribution in [-0.4, -0.2) is 29.8 Å². The summed E-state index contributed by atoms with van der Waals surface area (Å²) >= 11 is 0. The van der Waals surface area contributed by atoms with Crippen molar-refractivity contribution in [2.24, 2.45) is 5.92 Å². The van der Waals surface area contributed by atoms with Gasteiger partial charge >= 0.3 is 0 Å². The number of nitrogens with zero attached hydrogens (tertiary/aromatic N) is 1. The summed E-state index contributed by atoms with van der Waals surface area (Å²) in [4.78, 5) is 27.0. The molecule has 2 amide bonds. The van der Waals surface area contributed by atoms with E-state index in [1.807, 2.05) is 18.2 Å². The Balaban J connectivity index is 1.36. The molecule has 1 saturated heterocycles. The molecule has 26 heavy (non-hydrogen) atoms. The predicted octanol–water partition coefficient (Wildman–Crippen LogP) is 3.33. The first kappa shape index (κ1) is 16.9. The van der Waals surface area contributed by atoms with Crippen molar-refractivity contribution in [1.29, 1.82) is 0 Å². The molecule has 2 fully saturated rings. The Morgan fingerprint density at radius 1 is 1.04 bits per heavy atom. The third-order valence-corrected chi connectivity index (χ3v) is 5.78. The van der Waals surface area contributed by atoms with E-state index in [0.717, 1.165) is 19.3 Å². The Bertz CT molecular complexity index is 758. The smallest absolute Gasteiger partial charge is 0.289 e. The van der Waals surface area contributed by atoms with Crippen LogP contribution in [0, 0.1) is 5.92 Å². The fourth-order valence-corrected chi connectivity index (χ4v) is 4.01. The van der Waals surface area contributed by atoms with Gasteiger partial charge in [-0.05, 0) is 49.8 Å². The summed E-state index contributed by atoms with van der Waals surface area (Å²) < 4.78 is 5.19. The molecule has 1 saturated carbocycles. The zero-order valence-corrected chi connectivity index (χ0v) is 14.8. The van der Waals surface area contributed by atoms with Crippen LogP contribution in [-0.2, 0) is 10.3 Å². The molecule has 0 atom stereocenters. The number of carbonyl (C=O) groups excluding carboxylic acids is 2. The molecule has 2 heterocycles. The minimum atomic E-state index is -0.195. The predicted molar refractivity (Wildman–Crippen MR) is 97.4 cm³/mol. The number of piperidine rings is 1. The number of likely N-dealkylation sites (tertiary alicyclic amines) is 1. The fraction of sp³-hybridized carbons (Fsp3) is 0.429. The van der Waals surface area contributed by atoms with Gasteiger partial charge in [0.1, 0.15) is 0 Å². The van der Waals surface area contributed by atoms with Gasteiger partial charge in [0.2, 0.25) is 5.91 Å². The van der Waals surface area contributed by atoms with E-state index in [1.54, 1.807) is 17.0 Å². The lowest BCUT2D eigenvalue weighted by atomic mass is 9.71. The summed E-state index contributed by atoms with van der Waals surface area (Å²) in [7, 11) is 0. The summed E-state index contributed by atoms with van der Waals surface area (Å²) in [5, 5.41) is 3.33. The van der Waals surface area contributed by atoms with Crippen molar-refractivity contribution in [1.82, 2.24) is 10.2 Å². The molecule has 1 aliphatic carbocycles. The van der Waals surface area contributed by atoms with Crippen LogP contribution in [0.5, 0.6) is 0 Å². The molecule has 2 aliphatic rings. The van der Waals surface area contributed by atoms with E-state index in [4.69, 9.17) is 4.42 Å². The zero-order valence-electron chi connectivity index (χ0n) is 14.8. The van der Waals surface area contributed by atoms with Crippen molar-refractivity contribution < 1.29 is 14.0 Å². The van der Waals surface area contributed by atoms with Gasteiger partial charge in [-0.1, -0.05) is 30.3 Å². The van der Waals surface area contributed by atoms with E-state index in [0.29, 0.717) is 31.7 Å². The quantitative estimate of drug-likeness (QED) is 0.918. The molecule has 136 valence electrons. The lowest BCUT2D eigenvalue weighted by Gasteiger charge is -2.44. The Labute approximate surface area is 153 Å². The number of benzene rings is 1. The normalized spacial score (nSPS) is 19.6. The third-order valence-electron chi connectivity index (χ3n) is 5.78. The highest BCUT2D eigenvalue weighted by Crippen LogP contribution is 2.41. The highest BCUT2D eigenvalue weighted by molar-refractivity contribution is 5.91. The van der Waals surface area contributed by atoms with Crippen LogP contribution in [0.2, 0.25) is 0 Å². The first-order chi connectivity index (χ1) is 12.7. The van der Waals surface area contributed by atoms with Crippen LogP contribution in [0.15, 0.2) is 53.1 Å². The number of hydrogen-bond acceptors (Lipinski definition) is 3. The molecule has 1 aliphatic heterocycles. The monoisotopic (exact) mass is 352 g/mol. The van der Waals surface area contributed by atoms with Gasteiger partial charge in [0, 0.05) is 19.0 Å². The van der Waals surface area contributed by atoms with Gasteiger partial charge in [-0.25, -0.2) is 0 Å². The van der Waals surface area contributed by atoms with E-state index in [1.165, 1.54) is 11.8 Å². The van der Waals surface area contributed by atoms with Crippen molar-refractivity contribution >= 4 is 11.8 Å². The number of rotatable bonds is 4. The van der Waals surface area contributed by atoms with E-state index in [-0.39, 0.29) is 23.3 Å². The average Bonchev–Trinajstić information content (AvgIpc) is 3.19. The molecule has 1 N–H and O–H groups in total. The fourth-order valence-electron chi connectivity index (χ4n) is 4.01. The van der Waals surface area contributed by atoms with E-state index in [2.05, 4.69) is 17.4 Å². The van der Waals surface area contributed by atoms with E-state index >= 15 is 0 Å². The van der Waals surface area contributed by atoms with Crippen molar-refractivity contribution in [2.75, 3.05) is 13.1 Å². The van der Waals surface area contributed by atoms with Gasteiger partial charge in [0.05, 0.1) is 11.8 Å². The first-order valence-corrected chi connectivity index (χ1v) is 9.38. The van der Waals surface area contributed by atoms with Gasteiger partial charge in [0.25, 0.3) is 5.91 Å². The molecule has 4 rings (SSSR count). The molecule has 5 heteroatoms. The maximum absolute atomic E-state index is 12.9. The number of furan rings is 1. The van der Waals surface area contributed by atoms with Crippen molar-refractivity contribution in [2.45, 2.75) is 37.6 Å². The highest BCUT2D eigenvalue weighted by Gasteiger charge is 2.41. The molecular weight excluding hydrogens is 328 g/mol.